The van der Waals surface area contributed by atoms with E-state index in [1.807, 2.05) is 25.7 Å². The Bertz CT molecular complexity index is 180. The van der Waals surface area contributed by atoms with Gasteiger partial charge in [0.05, 0.1) is 0 Å². The third-order valence-electron chi connectivity index (χ3n) is 1.39. The second-order valence-corrected chi connectivity index (χ2v) is 8.51. The van der Waals surface area contributed by atoms with Gasteiger partial charge in [-0.1, -0.05) is 25.8 Å². The molecule has 0 bridgehead atoms. The van der Waals surface area contributed by atoms with E-state index in [1.54, 1.807) is 6.08 Å². The van der Waals surface area contributed by atoms with Gasteiger partial charge in [0.15, 0.2) is 0 Å². The van der Waals surface area contributed by atoms with Gasteiger partial charge in [-0.25, -0.2) is 4.79 Å². The van der Waals surface area contributed by atoms with Crippen LogP contribution in [0.25, 0.3) is 0 Å². The lowest BCUT2D eigenvalue weighted by Crippen LogP contribution is -2.28. The van der Waals surface area contributed by atoms with Crippen molar-refractivity contribution in [2.45, 2.75) is 45.8 Å². The minimum Gasteiger partial charge on any atom is -0.517 e. The Balaban J connectivity index is 3.68. The predicted molar refractivity (Wildman–Crippen MR) is 58.1 cm³/mol. The van der Waals surface area contributed by atoms with Crippen LogP contribution >= 0.6 is 0 Å². The van der Waals surface area contributed by atoms with Crippen LogP contribution in [0.4, 0.5) is 0 Å². The first-order valence-corrected chi connectivity index (χ1v) is 8.26. The van der Waals surface area contributed by atoms with E-state index in [-0.39, 0.29) is 5.97 Å². The van der Waals surface area contributed by atoms with E-state index in [0.717, 1.165) is 19.3 Å². The van der Waals surface area contributed by atoms with Crippen LogP contribution in [-0.2, 0) is 9.22 Å². The highest BCUT2D eigenvalue weighted by atomic mass is 28.4. The normalized spacial score (nSPS) is 12.0. The maximum absolute atomic E-state index is 11.1. The smallest absolute Gasteiger partial charge is 0.317 e. The predicted octanol–water partition coefficient (Wildman–Crippen LogP) is 3.11. The average molecular weight is 200 g/mol. The molecule has 0 amide bonds. The number of rotatable bonds is 5. The molecule has 76 valence electrons. The summed E-state index contributed by atoms with van der Waals surface area (Å²) in [6.07, 6.45) is 6.71. The summed E-state index contributed by atoms with van der Waals surface area (Å²) in [7, 11) is -1.69. The third-order valence-corrected chi connectivity index (χ3v) is 2.20. The van der Waals surface area contributed by atoms with Crippen molar-refractivity contribution in [3.05, 3.63) is 12.2 Å². The number of allylic oxidation sites excluding steroid dienone is 1. The first-order valence-electron chi connectivity index (χ1n) is 4.85. The standard InChI is InChI=1S/C10H20O2Si/c1-5-6-7-8-9-10(11)12-13(2,3)4/h8-9H,5-7H2,1-4H3/b9-8+. The molecular weight excluding hydrogens is 180 g/mol. The Kier molecular flexibility index (Phi) is 5.71. The van der Waals surface area contributed by atoms with E-state index in [0.29, 0.717) is 0 Å². The van der Waals surface area contributed by atoms with Crippen molar-refractivity contribution in [2.75, 3.05) is 0 Å². The largest absolute Gasteiger partial charge is 0.517 e. The lowest BCUT2D eigenvalue weighted by atomic mass is 10.2. The van der Waals surface area contributed by atoms with Gasteiger partial charge in [-0.15, -0.1) is 0 Å². The van der Waals surface area contributed by atoms with Gasteiger partial charge in [-0.05, 0) is 26.1 Å². The maximum Gasteiger partial charge on any atom is 0.317 e. The van der Waals surface area contributed by atoms with Crippen LogP contribution in [-0.4, -0.2) is 14.3 Å². The van der Waals surface area contributed by atoms with Crippen molar-refractivity contribution in [3.8, 4) is 0 Å². The molecule has 0 aromatic heterocycles. The van der Waals surface area contributed by atoms with Crippen LogP contribution in [0, 0.1) is 0 Å². The number of unbranched alkanes of at least 4 members (excludes halogenated alkanes) is 2. The summed E-state index contributed by atoms with van der Waals surface area (Å²) < 4.78 is 5.23. The summed E-state index contributed by atoms with van der Waals surface area (Å²) in [6.45, 7) is 8.15. The first kappa shape index (κ1) is 12.4. The molecule has 0 aromatic rings. The van der Waals surface area contributed by atoms with E-state index >= 15 is 0 Å². The fraction of sp³-hybridized carbons (Fsp3) is 0.700. The lowest BCUT2D eigenvalue weighted by Gasteiger charge is -2.15. The van der Waals surface area contributed by atoms with Gasteiger partial charge in [0.1, 0.15) is 0 Å². The molecule has 0 N–H and O–H groups in total. The Morgan fingerprint density at radius 1 is 1.38 bits per heavy atom. The van der Waals surface area contributed by atoms with Gasteiger partial charge in [-0.3, -0.25) is 0 Å². The molecule has 0 radical (unpaired) electrons. The van der Waals surface area contributed by atoms with Crippen molar-refractivity contribution in [3.63, 3.8) is 0 Å². The summed E-state index contributed by atoms with van der Waals surface area (Å²) in [6, 6.07) is 0. The highest BCUT2D eigenvalue weighted by Crippen LogP contribution is 2.03. The Labute approximate surface area is 82.1 Å². The Morgan fingerprint density at radius 3 is 2.46 bits per heavy atom. The van der Waals surface area contributed by atoms with Crippen LogP contribution < -0.4 is 0 Å². The first-order chi connectivity index (χ1) is 5.95. The van der Waals surface area contributed by atoms with Crippen molar-refractivity contribution < 1.29 is 9.22 Å². The highest BCUT2D eigenvalue weighted by molar-refractivity contribution is 6.71. The molecule has 3 heteroatoms. The van der Waals surface area contributed by atoms with E-state index in [4.69, 9.17) is 4.43 Å². The molecule has 0 fully saturated rings. The zero-order valence-electron chi connectivity index (χ0n) is 9.09. The number of hydrogen-bond acceptors (Lipinski definition) is 2. The van der Waals surface area contributed by atoms with E-state index in [2.05, 4.69) is 6.92 Å². The Morgan fingerprint density at radius 2 is 2.00 bits per heavy atom. The zero-order chi connectivity index (χ0) is 10.3. The summed E-state index contributed by atoms with van der Waals surface area (Å²) in [5.74, 6) is -0.185. The van der Waals surface area contributed by atoms with Crippen LogP contribution in [0.15, 0.2) is 12.2 Å². The summed E-state index contributed by atoms with van der Waals surface area (Å²) in [5, 5.41) is 0. The highest BCUT2D eigenvalue weighted by Gasteiger charge is 2.17. The zero-order valence-corrected chi connectivity index (χ0v) is 10.1. The van der Waals surface area contributed by atoms with Crippen LogP contribution in [0.1, 0.15) is 26.2 Å². The molecule has 0 unspecified atom stereocenters. The number of carbonyl (C=O) groups excluding carboxylic acids is 1. The van der Waals surface area contributed by atoms with Crippen LogP contribution in [0.2, 0.25) is 19.6 Å². The minimum atomic E-state index is -1.69. The molecule has 0 aromatic carbocycles. The quantitative estimate of drug-likeness (QED) is 0.387. The summed E-state index contributed by atoms with van der Waals surface area (Å²) in [4.78, 5) is 11.1. The molecule has 0 aliphatic rings. The molecule has 0 aliphatic heterocycles. The molecule has 0 spiro atoms. The van der Waals surface area contributed by atoms with Gasteiger partial charge in [0.2, 0.25) is 8.32 Å². The molecule has 13 heavy (non-hydrogen) atoms. The molecule has 0 atom stereocenters. The minimum absolute atomic E-state index is 0.185. The van der Waals surface area contributed by atoms with Gasteiger partial charge >= 0.3 is 5.97 Å². The second kappa shape index (κ2) is 5.97. The number of hydrogen-bond donors (Lipinski definition) is 0. The van der Waals surface area contributed by atoms with Gasteiger partial charge in [0, 0.05) is 6.08 Å². The molecule has 0 heterocycles. The van der Waals surface area contributed by atoms with Crippen molar-refractivity contribution in [1.82, 2.24) is 0 Å². The van der Waals surface area contributed by atoms with E-state index in [1.165, 1.54) is 0 Å². The fourth-order valence-corrected chi connectivity index (χ4v) is 1.51. The van der Waals surface area contributed by atoms with Crippen LogP contribution in [0.5, 0.6) is 0 Å². The monoisotopic (exact) mass is 200 g/mol. The molecule has 0 aliphatic carbocycles. The third kappa shape index (κ3) is 9.34. The van der Waals surface area contributed by atoms with Gasteiger partial charge in [0.25, 0.3) is 0 Å². The fourth-order valence-electron chi connectivity index (χ4n) is 0.837. The van der Waals surface area contributed by atoms with E-state index < -0.39 is 8.32 Å². The van der Waals surface area contributed by atoms with Crippen molar-refractivity contribution >= 4 is 14.3 Å². The Hall–Kier alpha value is -0.573. The molecular formula is C10H20O2Si. The average Bonchev–Trinajstić information content (AvgIpc) is 1.94. The van der Waals surface area contributed by atoms with Crippen molar-refractivity contribution in [1.29, 1.82) is 0 Å². The van der Waals surface area contributed by atoms with Gasteiger partial charge in [-0.2, -0.15) is 0 Å². The van der Waals surface area contributed by atoms with Crippen molar-refractivity contribution in [2.24, 2.45) is 0 Å². The topological polar surface area (TPSA) is 26.3 Å². The molecule has 0 saturated carbocycles. The summed E-state index contributed by atoms with van der Waals surface area (Å²) >= 11 is 0. The summed E-state index contributed by atoms with van der Waals surface area (Å²) in [5.41, 5.74) is 0. The van der Waals surface area contributed by atoms with Crippen LogP contribution in [0.3, 0.4) is 0 Å². The molecule has 2 nitrogen and oxygen atoms in total. The maximum atomic E-state index is 11.1. The van der Waals surface area contributed by atoms with Gasteiger partial charge < -0.3 is 4.43 Å². The second-order valence-electron chi connectivity index (χ2n) is 4.08. The number of carbonyl (C=O) groups is 1. The molecule has 0 saturated heterocycles. The molecule has 0 rings (SSSR count). The lowest BCUT2D eigenvalue weighted by molar-refractivity contribution is -0.129. The SMILES string of the molecule is CCCC/C=C/C(=O)O[Si](C)(C)C. The van der Waals surface area contributed by atoms with E-state index in [9.17, 15) is 4.79 Å².